The predicted molar refractivity (Wildman–Crippen MR) is 86.9 cm³/mol. The van der Waals surface area contributed by atoms with Gasteiger partial charge in [0.05, 0.1) is 0 Å². The van der Waals surface area contributed by atoms with Crippen LogP contribution in [0.3, 0.4) is 0 Å². The van der Waals surface area contributed by atoms with Crippen LogP contribution in [0, 0.1) is 0 Å². The lowest BCUT2D eigenvalue weighted by atomic mass is 10.0. The maximum atomic E-state index is 12.3. The first-order valence-corrected chi connectivity index (χ1v) is 6.89. The number of carbonyl (C=O) groups excluding carboxylic acids is 2. The first-order valence-electron chi connectivity index (χ1n) is 6.89. The molecular weight excluding hydrogens is 276 g/mol. The number of benzene rings is 3. The van der Waals surface area contributed by atoms with Crippen molar-refractivity contribution in [1.82, 2.24) is 5.32 Å². The lowest BCUT2D eigenvalue weighted by molar-refractivity contribution is 0.0969. The molecule has 108 valence electrons. The van der Waals surface area contributed by atoms with Crippen molar-refractivity contribution in [3.05, 3.63) is 78.4 Å². The van der Waals surface area contributed by atoms with Gasteiger partial charge in [0.2, 0.25) is 0 Å². The van der Waals surface area contributed by atoms with Crippen LogP contribution in [0.4, 0.5) is 10.5 Å². The SMILES string of the molecule is O=C(NC(=O)c1cccc2ccccc12)Nc1ccccc1. The molecule has 0 heterocycles. The highest BCUT2D eigenvalue weighted by atomic mass is 16.2. The van der Waals surface area contributed by atoms with Gasteiger partial charge in [0, 0.05) is 11.3 Å². The van der Waals surface area contributed by atoms with Gasteiger partial charge in [0.25, 0.3) is 5.91 Å². The number of hydrogen-bond acceptors (Lipinski definition) is 2. The number of rotatable bonds is 2. The minimum atomic E-state index is -0.552. The standard InChI is InChI=1S/C18H14N2O2/c21-17(20-18(22)19-14-9-2-1-3-10-14)16-12-6-8-13-7-4-5-11-15(13)16/h1-12H,(H2,19,20,21,22). The van der Waals surface area contributed by atoms with E-state index in [4.69, 9.17) is 0 Å². The molecule has 0 aliphatic heterocycles. The second-order valence-electron chi connectivity index (χ2n) is 4.80. The third kappa shape index (κ3) is 2.96. The first-order chi connectivity index (χ1) is 10.7. The molecule has 4 nitrogen and oxygen atoms in total. The fraction of sp³-hybridized carbons (Fsp3) is 0. The quantitative estimate of drug-likeness (QED) is 0.754. The number of hydrogen-bond donors (Lipinski definition) is 2. The zero-order valence-electron chi connectivity index (χ0n) is 11.7. The molecule has 3 amide bonds. The highest BCUT2D eigenvalue weighted by molar-refractivity contribution is 6.13. The van der Waals surface area contributed by atoms with Crippen molar-refractivity contribution in [2.45, 2.75) is 0 Å². The van der Waals surface area contributed by atoms with E-state index >= 15 is 0 Å². The van der Waals surface area contributed by atoms with Gasteiger partial charge in [-0.15, -0.1) is 0 Å². The fourth-order valence-corrected chi connectivity index (χ4v) is 2.28. The second-order valence-corrected chi connectivity index (χ2v) is 4.80. The molecule has 2 N–H and O–H groups in total. The molecule has 0 atom stereocenters. The Hall–Kier alpha value is -3.14. The molecule has 3 aromatic carbocycles. The van der Waals surface area contributed by atoms with Crippen molar-refractivity contribution in [2.24, 2.45) is 0 Å². The summed E-state index contributed by atoms with van der Waals surface area (Å²) in [7, 11) is 0. The highest BCUT2D eigenvalue weighted by Gasteiger charge is 2.12. The molecular formula is C18H14N2O2. The van der Waals surface area contributed by atoms with Gasteiger partial charge in [-0.3, -0.25) is 10.1 Å². The van der Waals surface area contributed by atoms with E-state index < -0.39 is 11.9 Å². The summed E-state index contributed by atoms with van der Waals surface area (Å²) in [4.78, 5) is 24.2. The van der Waals surface area contributed by atoms with E-state index in [-0.39, 0.29) is 0 Å². The molecule has 3 rings (SSSR count). The van der Waals surface area contributed by atoms with Crippen LogP contribution in [0.1, 0.15) is 10.4 Å². The second kappa shape index (κ2) is 6.10. The van der Waals surface area contributed by atoms with Gasteiger partial charge >= 0.3 is 6.03 Å². The van der Waals surface area contributed by atoms with Gasteiger partial charge in [-0.1, -0.05) is 54.6 Å². The molecule has 22 heavy (non-hydrogen) atoms. The Balaban J connectivity index is 1.77. The van der Waals surface area contributed by atoms with Crippen molar-refractivity contribution in [2.75, 3.05) is 5.32 Å². The van der Waals surface area contributed by atoms with E-state index in [9.17, 15) is 9.59 Å². The summed E-state index contributed by atoms with van der Waals surface area (Å²) in [6.07, 6.45) is 0. The van der Waals surface area contributed by atoms with Crippen LogP contribution in [0.5, 0.6) is 0 Å². The lowest BCUT2D eigenvalue weighted by Gasteiger charge is -2.08. The molecule has 3 aromatic rings. The van der Waals surface area contributed by atoms with Crippen LogP contribution in [-0.4, -0.2) is 11.9 Å². The molecule has 0 saturated heterocycles. The molecule has 0 aromatic heterocycles. The van der Waals surface area contributed by atoms with Crippen molar-refractivity contribution < 1.29 is 9.59 Å². The van der Waals surface area contributed by atoms with Crippen LogP contribution in [-0.2, 0) is 0 Å². The molecule has 0 bridgehead atoms. The topological polar surface area (TPSA) is 58.2 Å². The van der Waals surface area contributed by atoms with Gasteiger partial charge in [-0.2, -0.15) is 0 Å². The summed E-state index contributed by atoms with van der Waals surface area (Å²) in [5, 5.41) is 6.74. The third-order valence-electron chi connectivity index (χ3n) is 3.29. The molecule has 4 heteroatoms. The average Bonchev–Trinajstić information content (AvgIpc) is 2.55. The summed E-state index contributed by atoms with van der Waals surface area (Å²) in [6, 6.07) is 21.4. The van der Waals surface area contributed by atoms with Gasteiger partial charge in [-0.05, 0) is 29.0 Å². The van der Waals surface area contributed by atoms with E-state index in [0.29, 0.717) is 11.3 Å². The van der Waals surface area contributed by atoms with E-state index in [1.807, 2.05) is 48.5 Å². The van der Waals surface area contributed by atoms with Crippen LogP contribution in [0.25, 0.3) is 10.8 Å². The summed E-state index contributed by atoms with van der Waals surface area (Å²) < 4.78 is 0. The fourth-order valence-electron chi connectivity index (χ4n) is 2.28. The molecule has 0 unspecified atom stereocenters. The Labute approximate surface area is 127 Å². The summed E-state index contributed by atoms with van der Waals surface area (Å²) >= 11 is 0. The Bertz CT molecular complexity index is 823. The number of amides is 3. The van der Waals surface area contributed by atoms with E-state index in [0.717, 1.165) is 10.8 Å². The minimum absolute atomic E-state index is 0.426. The number of anilines is 1. The Morgan fingerprint density at radius 3 is 2.23 bits per heavy atom. The normalized spacial score (nSPS) is 10.2. The molecule has 0 radical (unpaired) electrons. The molecule has 0 aliphatic carbocycles. The molecule has 0 saturated carbocycles. The zero-order valence-corrected chi connectivity index (χ0v) is 11.7. The van der Waals surface area contributed by atoms with Crippen LogP contribution in [0.15, 0.2) is 72.8 Å². The summed E-state index contributed by atoms with van der Waals surface area (Å²) in [5.41, 5.74) is 1.10. The number of imide groups is 1. The van der Waals surface area contributed by atoms with Gasteiger partial charge in [0.15, 0.2) is 0 Å². The summed E-state index contributed by atoms with van der Waals surface area (Å²) in [6.45, 7) is 0. The van der Waals surface area contributed by atoms with Gasteiger partial charge < -0.3 is 5.32 Å². The zero-order chi connectivity index (χ0) is 15.4. The predicted octanol–water partition coefficient (Wildman–Crippen LogP) is 3.80. The minimum Gasteiger partial charge on any atom is -0.308 e. The average molecular weight is 290 g/mol. The largest absolute Gasteiger partial charge is 0.326 e. The number of para-hydroxylation sites is 1. The monoisotopic (exact) mass is 290 g/mol. The van der Waals surface area contributed by atoms with Crippen molar-refractivity contribution in [3.8, 4) is 0 Å². The van der Waals surface area contributed by atoms with Gasteiger partial charge in [0.1, 0.15) is 0 Å². The number of urea groups is 1. The number of nitrogens with one attached hydrogen (secondary N) is 2. The first kappa shape index (κ1) is 13.8. The number of fused-ring (bicyclic) bond motifs is 1. The van der Waals surface area contributed by atoms with Crippen molar-refractivity contribution >= 4 is 28.4 Å². The van der Waals surface area contributed by atoms with Crippen LogP contribution >= 0.6 is 0 Å². The maximum Gasteiger partial charge on any atom is 0.326 e. The highest BCUT2D eigenvalue weighted by Crippen LogP contribution is 2.18. The van der Waals surface area contributed by atoms with Crippen molar-refractivity contribution in [1.29, 1.82) is 0 Å². The maximum absolute atomic E-state index is 12.3. The Morgan fingerprint density at radius 1 is 0.727 bits per heavy atom. The smallest absolute Gasteiger partial charge is 0.308 e. The Morgan fingerprint density at radius 2 is 1.41 bits per heavy atom. The van der Waals surface area contributed by atoms with Crippen LogP contribution < -0.4 is 10.6 Å². The Kier molecular flexibility index (Phi) is 3.83. The van der Waals surface area contributed by atoms with E-state index in [2.05, 4.69) is 10.6 Å². The van der Waals surface area contributed by atoms with E-state index in [1.165, 1.54) is 0 Å². The van der Waals surface area contributed by atoms with Gasteiger partial charge in [-0.25, -0.2) is 4.79 Å². The molecule has 0 aliphatic rings. The van der Waals surface area contributed by atoms with E-state index in [1.54, 1.807) is 24.3 Å². The number of carbonyl (C=O) groups is 2. The summed E-state index contributed by atoms with van der Waals surface area (Å²) in [5.74, 6) is -0.426. The molecule has 0 spiro atoms. The third-order valence-corrected chi connectivity index (χ3v) is 3.29. The van der Waals surface area contributed by atoms with Crippen LogP contribution in [0.2, 0.25) is 0 Å². The van der Waals surface area contributed by atoms with Crippen molar-refractivity contribution in [3.63, 3.8) is 0 Å². The molecule has 0 fully saturated rings. The lowest BCUT2D eigenvalue weighted by Crippen LogP contribution is -2.34.